The number of carbonyl (C=O) groups excluding carboxylic acids is 1. The SMILES string of the molecule is Cc1cccc(OC(=O)CCC2CCNCC2)c1. The van der Waals surface area contributed by atoms with E-state index in [1.807, 2.05) is 31.2 Å². The summed E-state index contributed by atoms with van der Waals surface area (Å²) in [5, 5.41) is 3.33. The molecule has 18 heavy (non-hydrogen) atoms. The highest BCUT2D eigenvalue weighted by atomic mass is 16.5. The summed E-state index contributed by atoms with van der Waals surface area (Å²) in [6.07, 6.45) is 3.83. The second-order valence-electron chi connectivity index (χ2n) is 5.02. The molecule has 1 aromatic carbocycles. The third kappa shape index (κ3) is 4.15. The third-order valence-electron chi connectivity index (χ3n) is 3.44. The Hall–Kier alpha value is -1.35. The van der Waals surface area contributed by atoms with Crippen molar-refractivity contribution in [3.63, 3.8) is 0 Å². The fraction of sp³-hybridized carbons (Fsp3) is 0.533. The number of benzene rings is 1. The first-order valence-corrected chi connectivity index (χ1v) is 6.72. The van der Waals surface area contributed by atoms with E-state index >= 15 is 0 Å². The van der Waals surface area contributed by atoms with Gasteiger partial charge in [0.15, 0.2) is 0 Å². The minimum Gasteiger partial charge on any atom is -0.427 e. The molecule has 0 atom stereocenters. The number of hydrogen-bond donors (Lipinski definition) is 1. The first-order valence-electron chi connectivity index (χ1n) is 6.72. The van der Waals surface area contributed by atoms with Crippen molar-refractivity contribution in [3.8, 4) is 5.75 Å². The molecule has 1 saturated heterocycles. The van der Waals surface area contributed by atoms with Crippen molar-refractivity contribution >= 4 is 5.97 Å². The van der Waals surface area contributed by atoms with Crippen molar-refractivity contribution in [3.05, 3.63) is 29.8 Å². The van der Waals surface area contributed by atoms with Crippen molar-refractivity contribution in [2.75, 3.05) is 13.1 Å². The summed E-state index contributed by atoms with van der Waals surface area (Å²) >= 11 is 0. The van der Waals surface area contributed by atoms with Gasteiger partial charge in [0.1, 0.15) is 5.75 Å². The number of carbonyl (C=O) groups is 1. The molecule has 1 N–H and O–H groups in total. The first-order chi connectivity index (χ1) is 8.74. The molecule has 0 saturated carbocycles. The van der Waals surface area contributed by atoms with Gasteiger partial charge in [-0.05, 0) is 62.9 Å². The molecule has 1 aliphatic heterocycles. The van der Waals surface area contributed by atoms with Crippen LogP contribution in [0.4, 0.5) is 0 Å². The molecule has 1 aromatic rings. The lowest BCUT2D eigenvalue weighted by Gasteiger charge is -2.21. The van der Waals surface area contributed by atoms with E-state index in [9.17, 15) is 4.79 Å². The Labute approximate surface area is 109 Å². The molecule has 3 nitrogen and oxygen atoms in total. The molecule has 0 aliphatic carbocycles. The molecule has 1 fully saturated rings. The average molecular weight is 247 g/mol. The van der Waals surface area contributed by atoms with Gasteiger partial charge in [-0.3, -0.25) is 4.79 Å². The Balaban J connectivity index is 1.74. The summed E-state index contributed by atoms with van der Waals surface area (Å²) in [4.78, 5) is 11.7. The molecule has 98 valence electrons. The number of nitrogens with one attached hydrogen (secondary N) is 1. The van der Waals surface area contributed by atoms with E-state index in [-0.39, 0.29) is 5.97 Å². The summed E-state index contributed by atoms with van der Waals surface area (Å²) < 4.78 is 5.33. The number of ether oxygens (including phenoxy) is 1. The lowest BCUT2D eigenvalue weighted by Crippen LogP contribution is -2.28. The number of hydrogen-bond acceptors (Lipinski definition) is 3. The maximum atomic E-state index is 11.7. The highest BCUT2D eigenvalue weighted by molar-refractivity contribution is 5.72. The summed E-state index contributed by atoms with van der Waals surface area (Å²) in [5.74, 6) is 1.22. The van der Waals surface area contributed by atoms with E-state index < -0.39 is 0 Å². The monoisotopic (exact) mass is 247 g/mol. The average Bonchev–Trinajstić information content (AvgIpc) is 2.38. The van der Waals surface area contributed by atoms with E-state index in [1.165, 1.54) is 12.8 Å². The van der Waals surface area contributed by atoms with Gasteiger partial charge in [0.25, 0.3) is 0 Å². The smallest absolute Gasteiger partial charge is 0.311 e. The van der Waals surface area contributed by atoms with Crippen LogP contribution in [0.5, 0.6) is 5.75 Å². The topological polar surface area (TPSA) is 38.3 Å². The van der Waals surface area contributed by atoms with Gasteiger partial charge in [-0.15, -0.1) is 0 Å². The van der Waals surface area contributed by atoms with Crippen LogP contribution in [0.15, 0.2) is 24.3 Å². The zero-order valence-corrected chi connectivity index (χ0v) is 10.9. The van der Waals surface area contributed by atoms with Crippen molar-refractivity contribution in [2.45, 2.75) is 32.6 Å². The highest BCUT2D eigenvalue weighted by Gasteiger charge is 2.15. The predicted octanol–water partition coefficient (Wildman–Crippen LogP) is 2.68. The van der Waals surface area contributed by atoms with Crippen molar-refractivity contribution in [1.29, 1.82) is 0 Å². The van der Waals surface area contributed by atoms with Gasteiger partial charge in [0.05, 0.1) is 0 Å². The van der Waals surface area contributed by atoms with E-state index in [2.05, 4.69) is 5.32 Å². The molecule has 1 heterocycles. The zero-order valence-electron chi connectivity index (χ0n) is 10.9. The van der Waals surface area contributed by atoms with Crippen LogP contribution in [-0.2, 0) is 4.79 Å². The van der Waals surface area contributed by atoms with E-state index in [0.717, 1.165) is 25.1 Å². The normalized spacial score (nSPS) is 16.5. The minimum atomic E-state index is -0.112. The van der Waals surface area contributed by atoms with Crippen LogP contribution in [0.2, 0.25) is 0 Å². The number of aryl methyl sites for hydroxylation is 1. The Morgan fingerprint density at radius 2 is 2.17 bits per heavy atom. The summed E-state index contributed by atoms with van der Waals surface area (Å²) in [6, 6.07) is 7.62. The van der Waals surface area contributed by atoms with Gasteiger partial charge in [-0.25, -0.2) is 0 Å². The van der Waals surface area contributed by atoms with Crippen LogP contribution in [0, 0.1) is 12.8 Å². The van der Waals surface area contributed by atoms with Crippen LogP contribution >= 0.6 is 0 Å². The maximum absolute atomic E-state index is 11.7. The fourth-order valence-electron chi connectivity index (χ4n) is 2.35. The Bertz CT molecular complexity index is 397. The quantitative estimate of drug-likeness (QED) is 0.656. The molecule has 0 aromatic heterocycles. The van der Waals surface area contributed by atoms with Crippen LogP contribution < -0.4 is 10.1 Å². The zero-order chi connectivity index (χ0) is 12.8. The Morgan fingerprint density at radius 1 is 1.39 bits per heavy atom. The first kappa shape index (κ1) is 13.1. The highest BCUT2D eigenvalue weighted by Crippen LogP contribution is 2.19. The second-order valence-corrected chi connectivity index (χ2v) is 5.02. The van der Waals surface area contributed by atoms with Crippen LogP contribution in [0.25, 0.3) is 0 Å². The van der Waals surface area contributed by atoms with E-state index in [1.54, 1.807) is 0 Å². The molecular formula is C15H21NO2. The molecule has 2 rings (SSSR count). The van der Waals surface area contributed by atoms with Gasteiger partial charge < -0.3 is 10.1 Å². The third-order valence-corrected chi connectivity index (χ3v) is 3.44. The van der Waals surface area contributed by atoms with Crippen LogP contribution in [0.1, 0.15) is 31.2 Å². The largest absolute Gasteiger partial charge is 0.427 e. The molecule has 0 radical (unpaired) electrons. The van der Waals surface area contributed by atoms with Crippen molar-refractivity contribution in [2.24, 2.45) is 5.92 Å². The minimum absolute atomic E-state index is 0.112. The van der Waals surface area contributed by atoms with Crippen LogP contribution in [-0.4, -0.2) is 19.1 Å². The lowest BCUT2D eigenvalue weighted by atomic mass is 9.93. The molecule has 3 heteroatoms. The van der Waals surface area contributed by atoms with Crippen LogP contribution in [0.3, 0.4) is 0 Å². The standard InChI is InChI=1S/C15H21NO2/c1-12-3-2-4-14(11-12)18-15(17)6-5-13-7-9-16-10-8-13/h2-4,11,13,16H,5-10H2,1H3. The van der Waals surface area contributed by atoms with Gasteiger partial charge in [-0.1, -0.05) is 12.1 Å². The Morgan fingerprint density at radius 3 is 2.89 bits per heavy atom. The molecule has 0 amide bonds. The summed E-state index contributed by atoms with van der Waals surface area (Å²) in [5.41, 5.74) is 1.11. The molecule has 0 spiro atoms. The summed E-state index contributed by atoms with van der Waals surface area (Å²) in [6.45, 7) is 4.15. The van der Waals surface area contributed by atoms with E-state index in [4.69, 9.17) is 4.74 Å². The number of rotatable bonds is 4. The molecule has 1 aliphatic rings. The van der Waals surface area contributed by atoms with E-state index in [0.29, 0.717) is 18.1 Å². The molecule has 0 unspecified atom stereocenters. The lowest BCUT2D eigenvalue weighted by molar-refractivity contribution is -0.134. The second kappa shape index (κ2) is 6.55. The Kier molecular flexibility index (Phi) is 4.76. The number of esters is 1. The summed E-state index contributed by atoms with van der Waals surface area (Å²) in [7, 11) is 0. The fourth-order valence-corrected chi connectivity index (χ4v) is 2.35. The van der Waals surface area contributed by atoms with Crippen molar-refractivity contribution < 1.29 is 9.53 Å². The maximum Gasteiger partial charge on any atom is 0.311 e. The van der Waals surface area contributed by atoms with Gasteiger partial charge in [0.2, 0.25) is 0 Å². The van der Waals surface area contributed by atoms with Gasteiger partial charge in [-0.2, -0.15) is 0 Å². The predicted molar refractivity (Wildman–Crippen MR) is 71.6 cm³/mol. The van der Waals surface area contributed by atoms with Gasteiger partial charge in [0, 0.05) is 6.42 Å². The van der Waals surface area contributed by atoms with Crippen molar-refractivity contribution in [1.82, 2.24) is 5.32 Å². The number of piperidine rings is 1. The molecular weight excluding hydrogens is 226 g/mol. The van der Waals surface area contributed by atoms with Gasteiger partial charge >= 0.3 is 5.97 Å². The molecule has 0 bridgehead atoms.